The summed E-state index contributed by atoms with van der Waals surface area (Å²) in [5, 5.41) is 2.48. The molecule has 2 aromatic heterocycles. The zero-order chi connectivity index (χ0) is 56.8. The summed E-state index contributed by atoms with van der Waals surface area (Å²) >= 11 is 0. The van der Waals surface area contributed by atoms with Gasteiger partial charge in [0, 0.05) is 67.2 Å². The van der Waals surface area contributed by atoms with Crippen molar-refractivity contribution in [2.24, 2.45) is 0 Å². The van der Waals surface area contributed by atoms with Crippen molar-refractivity contribution in [3.05, 3.63) is 272 Å². The molecule has 0 unspecified atom stereocenters. The monoisotopic (exact) mass is 1080 g/mol. The Morgan fingerprint density at radius 2 is 0.738 bits per heavy atom. The second-order valence-electron chi connectivity index (χ2n) is 24.5. The molecule has 0 atom stereocenters. The van der Waals surface area contributed by atoms with E-state index in [1.165, 1.54) is 61.0 Å². The molecule has 13 aromatic rings. The summed E-state index contributed by atoms with van der Waals surface area (Å²) in [5.41, 5.74) is 23.9. The van der Waals surface area contributed by atoms with Gasteiger partial charge in [-0.15, -0.1) is 0 Å². The van der Waals surface area contributed by atoms with E-state index >= 15 is 0 Å². The van der Waals surface area contributed by atoms with Crippen LogP contribution in [0.2, 0.25) is 0 Å². The lowest BCUT2D eigenvalue weighted by Crippen LogP contribution is -2.61. The van der Waals surface area contributed by atoms with Gasteiger partial charge in [0.2, 0.25) is 0 Å². The summed E-state index contributed by atoms with van der Waals surface area (Å²) in [5.74, 6) is 1.86. The number of nitrogens with zero attached hydrogens (tertiary/aromatic N) is 6. The molecule has 4 heterocycles. The van der Waals surface area contributed by atoms with Gasteiger partial charge in [-0.05, 0) is 152 Å². The molecule has 6 nitrogen and oxygen atoms in total. The van der Waals surface area contributed by atoms with Crippen molar-refractivity contribution in [2.45, 2.75) is 52.4 Å². The Hall–Kier alpha value is -10.1. The molecular weight excluding hydrogens is 1020 g/mol. The predicted molar refractivity (Wildman–Crippen MR) is 353 cm³/mol. The van der Waals surface area contributed by atoms with Crippen molar-refractivity contribution < 1.29 is 0 Å². The van der Waals surface area contributed by atoms with Crippen molar-refractivity contribution >= 4 is 79.0 Å². The van der Waals surface area contributed by atoms with E-state index in [0.29, 0.717) is 17.5 Å². The van der Waals surface area contributed by atoms with Crippen molar-refractivity contribution in [3.63, 3.8) is 0 Å². The number of hydrogen-bond acceptors (Lipinski definition) is 5. The van der Waals surface area contributed by atoms with E-state index in [1.54, 1.807) is 0 Å². The Morgan fingerprint density at radius 1 is 0.310 bits per heavy atom. The lowest BCUT2D eigenvalue weighted by atomic mass is 9.33. The Morgan fingerprint density at radius 3 is 1.30 bits per heavy atom. The van der Waals surface area contributed by atoms with Crippen LogP contribution in [0.3, 0.4) is 0 Å². The van der Waals surface area contributed by atoms with Crippen LogP contribution in [-0.4, -0.2) is 26.2 Å². The molecule has 0 bridgehead atoms. The summed E-state index contributed by atoms with van der Waals surface area (Å²) in [6, 6.07) is 95.0. The lowest BCUT2D eigenvalue weighted by Gasteiger charge is -2.44. The molecule has 0 radical (unpaired) electrons. The van der Waals surface area contributed by atoms with E-state index in [1.807, 2.05) is 36.4 Å². The smallest absolute Gasteiger partial charge is 0.252 e. The van der Waals surface area contributed by atoms with Gasteiger partial charge in [0.25, 0.3) is 6.71 Å². The first-order chi connectivity index (χ1) is 40.9. The van der Waals surface area contributed by atoms with Gasteiger partial charge in [0.1, 0.15) is 0 Å². The average molecular weight is 1080 g/mol. The normalized spacial score (nSPS) is 12.8. The number of hydrogen-bond donors (Lipinski definition) is 0. The molecule has 2 aliphatic rings. The van der Waals surface area contributed by atoms with Crippen LogP contribution >= 0.6 is 0 Å². The fraction of sp³-hybridized carbons (Fsp3) is 0.104. The quantitative estimate of drug-likeness (QED) is 0.142. The first kappa shape index (κ1) is 50.8. The summed E-state index contributed by atoms with van der Waals surface area (Å²) in [4.78, 5) is 20.5. The molecule has 0 N–H and O–H groups in total. The Balaban J connectivity index is 0.918. The molecule has 0 spiro atoms. The van der Waals surface area contributed by atoms with E-state index < -0.39 is 0 Å². The number of rotatable bonds is 8. The summed E-state index contributed by atoms with van der Waals surface area (Å²) < 4.78 is 2.48. The molecule has 0 amide bonds. The maximum atomic E-state index is 5.26. The number of aromatic nitrogens is 4. The Bertz CT molecular complexity index is 4580. The number of para-hydroxylation sites is 3. The van der Waals surface area contributed by atoms with Gasteiger partial charge in [-0.3, -0.25) is 0 Å². The first-order valence-corrected chi connectivity index (χ1v) is 29.2. The third-order valence-corrected chi connectivity index (χ3v) is 17.1. The molecule has 84 heavy (non-hydrogen) atoms. The minimum atomic E-state index is -0.0351. The maximum absolute atomic E-state index is 5.26. The molecule has 402 valence electrons. The Kier molecular flexibility index (Phi) is 12.0. The van der Waals surface area contributed by atoms with Gasteiger partial charge in [-0.1, -0.05) is 205 Å². The van der Waals surface area contributed by atoms with E-state index in [4.69, 9.17) is 15.0 Å². The minimum absolute atomic E-state index is 0.0351. The highest BCUT2D eigenvalue weighted by atomic mass is 15.2. The number of benzene rings is 11. The molecule has 7 heteroatoms. The molecule has 2 aliphatic heterocycles. The second-order valence-corrected chi connectivity index (χ2v) is 24.5. The highest BCUT2D eigenvalue weighted by Gasteiger charge is 2.43. The third kappa shape index (κ3) is 8.61. The van der Waals surface area contributed by atoms with Crippen molar-refractivity contribution in [3.8, 4) is 62.1 Å². The van der Waals surface area contributed by atoms with Crippen LogP contribution in [0.4, 0.5) is 34.1 Å². The molecule has 0 saturated heterocycles. The summed E-state index contributed by atoms with van der Waals surface area (Å²) in [7, 11) is 0. The zero-order valence-electron chi connectivity index (χ0n) is 48.1. The highest BCUT2D eigenvalue weighted by Crippen LogP contribution is 2.46. The molecule has 0 fully saturated rings. The standard InChI is InChI=1S/C77H61BN6/c1-76(2,3)56-40-43-66-61(48-56)62-49-57(77(4,5)6)41-44-67(62)84(66)65-42-39-55(75-80-73(50-23-10-7-11-24-50)79-74(81-75)51-25-12-8-13-26-51)47-60(65)54-29-20-27-52(45-54)53-28-21-32-59(46-53)83-69-36-19-17-34-64(69)78-63-33-16-18-35-68(63)82(58-30-14-9-15-31-58)70-37-22-38-71(83)72(70)78/h7-49H,1-6H3. The van der Waals surface area contributed by atoms with Gasteiger partial charge >= 0.3 is 0 Å². The Labute approximate surface area is 492 Å². The predicted octanol–water partition coefficient (Wildman–Crippen LogP) is 18.0. The average Bonchev–Trinajstić information content (AvgIpc) is 1.15. The SMILES string of the molecule is CC(C)(C)c1ccc2c(c1)c1cc(C(C)(C)C)ccc1n2-c1ccc(-c2nc(-c3ccccc3)nc(-c3ccccc3)n2)cc1-c1cccc(-c2cccc(N3c4ccccc4B4c5ccccc5N(c5ccccc5)c5cccc3c54)c2)c1. The van der Waals surface area contributed by atoms with Crippen molar-refractivity contribution in [2.75, 3.05) is 9.80 Å². The van der Waals surface area contributed by atoms with Crippen LogP contribution < -0.4 is 26.2 Å². The molecule has 15 rings (SSSR count). The van der Waals surface area contributed by atoms with Gasteiger partial charge < -0.3 is 14.4 Å². The topological polar surface area (TPSA) is 50.1 Å². The van der Waals surface area contributed by atoms with Gasteiger partial charge in [-0.2, -0.15) is 0 Å². The van der Waals surface area contributed by atoms with Crippen LogP contribution in [0.25, 0.3) is 83.9 Å². The number of fused-ring (bicyclic) bond motifs is 7. The van der Waals surface area contributed by atoms with Crippen molar-refractivity contribution in [1.29, 1.82) is 0 Å². The van der Waals surface area contributed by atoms with Crippen LogP contribution in [0.5, 0.6) is 0 Å². The van der Waals surface area contributed by atoms with E-state index in [9.17, 15) is 0 Å². The van der Waals surface area contributed by atoms with Crippen LogP contribution in [-0.2, 0) is 10.8 Å². The molecule has 0 aliphatic carbocycles. The lowest BCUT2D eigenvalue weighted by molar-refractivity contribution is 0.590. The molecule has 0 saturated carbocycles. The second kappa shape index (κ2) is 19.8. The fourth-order valence-electron chi connectivity index (χ4n) is 12.9. The van der Waals surface area contributed by atoms with E-state index in [0.717, 1.165) is 67.0 Å². The van der Waals surface area contributed by atoms with Gasteiger partial charge in [-0.25, -0.2) is 15.0 Å². The van der Waals surface area contributed by atoms with Crippen LogP contribution in [0, 0.1) is 0 Å². The zero-order valence-corrected chi connectivity index (χ0v) is 48.1. The summed E-state index contributed by atoms with van der Waals surface area (Å²) in [6.07, 6.45) is 0. The van der Waals surface area contributed by atoms with Crippen LogP contribution in [0.1, 0.15) is 52.7 Å². The third-order valence-electron chi connectivity index (χ3n) is 17.1. The molecule has 11 aromatic carbocycles. The molecular formula is C77H61BN6. The summed E-state index contributed by atoms with van der Waals surface area (Å²) in [6.45, 7) is 13.9. The fourth-order valence-corrected chi connectivity index (χ4v) is 12.9. The minimum Gasteiger partial charge on any atom is -0.311 e. The maximum Gasteiger partial charge on any atom is 0.252 e. The van der Waals surface area contributed by atoms with Gasteiger partial charge in [0.05, 0.1) is 16.7 Å². The highest BCUT2D eigenvalue weighted by molar-refractivity contribution is 7.00. The first-order valence-electron chi connectivity index (χ1n) is 29.2. The van der Waals surface area contributed by atoms with Crippen molar-refractivity contribution in [1.82, 2.24) is 19.5 Å². The van der Waals surface area contributed by atoms with Gasteiger partial charge in [0.15, 0.2) is 17.5 Å². The van der Waals surface area contributed by atoms with Crippen LogP contribution in [0.15, 0.2) is 261 Å². The van der Waals surface area contributed by atoms with E-state index in [2.05, 4.69) is 280 Å². The number of anilines is 6. The largest absolute Gasteiger partial charge is 0.311 e. The van der Waals surface area contributed by atoms with E-state index in [-0.39, 0.29) is 17.5 Å².